The summed E-state index contributed by atoms with van der Waals surface area (Å²) in [7, 11) is 0. The highest BCUT2D eigenvalue weighted by Crippen LogP contribution is 2.26. The minimum absolute atomic E-state index is 0.000290. The maximum absolute atomic E-state index is 10.9. The number of nitrogens with zero attached hydrogens (tertiary/aromatic N) is 4. The van der Waals surface area contributed by atoms with Gasteiger partial charge in [0.15, 0.2) is 0 Å². The van der Waals surface area contributed by atoms with Gasteiger partial charge in [-0.3, -0.25) is 10.1 Å². The Bertz CT molecular complexity index is 528. The maximum Gasteiger partial charge on any atom is 0.273 e. The van der Waals surface area contributed by atoms with Gasteiger partial charge < -0.3 is 10.2 Å². The lowest BCUT2D eigenvalue weighted by atomic mass is 10.2. The van der Waals surface area contributed by atoms with E-state index < -0.39 is 4.92 Å². The van der Waals surface area contributed by atoms with Crippen LogP contribution in [0.2, 0.25) is 0 Å². The average molecular weight is 259 g/mol. The maximum atomic E-state index is 10.9. The molecule has 0 atom stereocenters. The van der Waals surface area contributed by atoms with E-state index in [0.29, 0.717) is 17.9 Å². The number of hydrogen-bond donors (Lipinski definition) is 1. The second-order valence-electron chi connectivity index (χ2n) is 3.70. The molecule has 0 bridgehead atoms. The number of hydrogen-bond acceptors (Lipinski definition) is 6. The molecule has 1 aromatic carbocycles. The van der Waals surface area contributed by atoms with Crippen LogP contribution in [0, 0.1) is 32.8 Å². The highest BCUT2D eigenvalue weighted by atomic mass is 16.6. The van der Waals surface area contributed by atoms with Crippen LogP contribution in [0.15, 0.2) is 18.2 Å². The first-order valence-electron chi connectivity index (χ1n) is 5.64. The smallest absolute Gasteiger partial charge is 0.273 e. The first-order chi connectivity index (χ1) is 9.12. The van der Waals surface area contributed by atoms with Gasteiger partial charge in [-0.05, 0) is 13.0 Å². The third kappa shape index (κ3) is 3.86. The molecular formula is C12H13N5O2. The molecule has 0 unspecified atom stereocenters. The summed E-state index contributed by atoms with van der Waals surface area (Å²) in [5, 5.41) is 31.3. The predicted octanol–water partition coefficient (Wildman–Crippen LogP) is 1.88. The van der Waals surface area contributed by atoms with Crippen molar-refractivity contribution in [1.82, 2.24) is 0 Å². The molecule has 0 aliphatic heterocycles. The summed E-state index contributed by atoms with van der Waals surface area (Å²) >= 11 is 0. The molecule has 0 saturated heterocycles. The summed E-state index contributed by atoms with van der Waals surface area (Å²) < 4.78 is 0. The third-order valence-electron chi connectivity index (χ3n) is 2.38. The van der Waals surface area contributed by atoms with Gasteiger partial charge in [0.1, 0.15) is 13.1 Å². The summed E-state index contributed by atoms with van der Waals surface area (Å²) in [6.45, 7) is 2.50. The topological polar surface area (TPSA) is 106 Å². The van der Waals surface area contributed by atoms with E-state index in [1.807, 2.05) is 19.1 Å². The minimum atomic E-state index is -0.499. The lowest BCUT2D eigenvalue weighted by molar-refractivity contribution is -0.384. The molecule has 0 fully saturated rings. The van der Waals surface area contributed by atoms with Crippen LogP contribution < -0.4 is 10.2 Å². The fourth-order valence-corrected chi connectivity index (χ4v) is 1.60. The third-order valence-corrected chi connectivity index (χ3v) is 2.38. The SMILES string of the molecule is CCNc1cc(N(CC#N)CC#N)cc([N+](=O)[O-])c1. The van der Waals surface area contributed by atoms with Gasteiger partial charge in [-0.25, -0.2) is 0 Å². The van der Waals surface area contributed by atoms with Gasteiger partial charge in [-0.15, -0.1) is 0 Å². The molecule has 0 saturated carbocycles. The number of benzene rings is 1. The van der Waals surface area contributed by atoms with Crippen molar-refractivity contribution in [3.63, 3.8) is 0 Å². The van der Waals surface area contributed by atoms with E-state index in [-0.39, 0.29) is 18.8 Å². The van der Waals surface area contributed by atoms with E-state index in [1.54, 1.807) is 6.07 Å². The van der Waals surface area contributed by atoms with Crippen LogP contribution in [-0.4, -0.2) is 24.6 Å². The Morgan fingerprint density at radius 3 is 2.42 bits per heavy atom. The van der Waals surface area contributed by atoms with Crippen LogP contribution in [0.25, 0.3) is 0 Å². The number of non-ortho nitro benzene ring substituents is 1. The van der Waals surface area contributed by atoms with Crippen molar-refractivity contribution in [1.29, 1.82) is 10.5 Å². The zero-order valence-corrected chi connectivity index (χ0v) is 10.5. The zero-order chi connectivity index (χ0) is 14.3. The molecule has 0 aliphatic carbocycles. The molecule has 7 nitrogen and oxygen atoms in total. The highest BCUT2D eigenvalue weighted by molar-refractivity contribution is 5.65. The molecule has 0 amide bonds. The van der Waals surface area contributed by atoms with Gasteiger partial charge in [0.2, 0.25) is 0 Å². The van der Waals surface area contributed by atoms with E-state index in [0.717, 1.165) is 0 Å². The van der Waals surface area contributed by atoms with Crippen LogP contribution in [0.1, 0.15) is 6.92 Å². The number of rotatable bonds is 6. The summed E-state index contributed by atoms with van der Waals surface area (Å²) in [4.78, 5) is 11.9. The molecule has 0 heterocycles. The van der Waals surface area contributed by atoms with Crippen molar-refractivity contribution in [2.24, 2.45) is 0 Å². The summed E-state index contributed by atoms with van der Waals surface area (Å²) in [5.74, 6) is 0. The molecule has 1 aromatic rings. The van der Waals surface area contributed by atoms with Crippen molar-refractivity contribution >= 4 is 17.1 Å². The fraction of sp³-hybridized carbons (Fsp3) is 0.333. The predicted molar refractivity (Wildman–Crippen MR) is 70.7 cm³/mol. The van der Waals surface area contributed by atoms with Crippen LogP contribution in [0.5, 0.6) is 0 Å². The van der Waals surface area contributed by atoms with Crippen LogP contribution >= 0.6 is 0 Å². The van der Waals surface area contributed by atoms with E-state index in [9.17, 15) is 10.1 Å². The van der Waals surface area contributed by atoms with Crippen molar-refractivity contribution in [3.8, 4) is 12.1 Å². The molecule has 0 radical (unpaired) electrons. The normalized spacial score (nSPS) is 9.21. The Balaban J connectivity index is 3.20. The van der Waals surface area contributed by atoms with Crippen molar-refractivity contribution < 1.29 is 4.92 Å². The van der Waals surface area contributed by atoms with Crippen LogP contribution in [-0.2, 0) is 0 Å². The molecule has 19 heavy (non-hydrogen) atoms. The monoisotopic (exact) mass is 259 g/mol. The summed E-state index contributed by atoms with van der Waals surface area (Å²) in [6.07, 6.45) is 0. The second kappa shape index (κ2) is 6.82. The zero-order valence-electron chi connectivity index (χ0n) is 10.5. The Kier molecular flexibility index (Phi) is 5.12. The molecular weight excluding hydrogens is 246 g/mol. The van der Waals surface area contributed by atoms with Gasteiger partial charge in [-0.2, -0.15) is 10.5 Å². The molecule has 0 aromatic heterocycles. The lowest BCUT2D eigenvalue weighted by Gasteiger charge is -2.18. The summed E-state index contributed by atoms with van der Waals surface area (Å²) in [5.41, 5.74) is 0.996. The fourth-order valence-electron chi connectivity index (χ4n) is 1.60. The highest BCUT2D eigenvalue weighted by Gasteiger charge is 2.14. The van der Waals surface area contributed by atoms with Gasteiger partial charge in [-0.1, -0.05) is 0 Å². The molecule has 98 valence electrons. The largest absolute Gasteiger partial charge is 0.385 e. The first kappa shape index (κ1) is 14.3. The molecule has 0 aliphatic rings. The van der Waals surface area contributed by atoms with Gasteiger partial charge >= 0.3 is 0 Å². The number of nitro benzene ring substituents is 1. The Morgan fingerprint density at radius 1 is 1.32 bits per heavy atom. The molecule has 0 spiro atoms. The Morgan fingerprint density at radius 2 is 1.95 bits per heavy atom. The van der Waals surface area contributed by atoms with Crippen molar-refractivity contribution in [2.75, 3.05) is 29.9 Å². The average Bonchev–Trinajstić information content (AvgIpc) is 2.38. The Hall–Kier alpha value is -2.80. The number of nitro groups is 1. The minimum Gasteiger partial charge on any atom is -0.385 e. The standard InChI is InChI=1S/C12H13N5O2/c1-2-15-10-7-11(9-12(8-10)17(18)19)16(5-3-13)6-4-14/h7-9,15H,2,5-6H2,1H3. The van der Waals surface area contributed by atoms with Gasteiger partial charge in [0.05, 0.1) is 17.1 Å². The van der Waals surface area contributed by atoms with Crippen molar-refractivity contribution in [2.45, 2.75) is 6.92 Å². The summed E-state index contributed by atoms with van der Waals surface area (Å²) in [6, 6.07) is 8.33. The van der Waals surface area contributed by atoms with Crippen molar-refractivity contribution in [3.05, 3.63) is 28.3 Å². The Labute approximate surface area is 110 Å². The van der Waals surface area contributed by atoms with E-state index in [1.165, 1.54) is 17.0 Å². The van der Waals surface area contributed by atoms with Crippen LogP contribution in [0.4, 0.5) is 17.1 Å². The second-order valence-corrected chi connectivity index (χ2v) is 3.70. The quantitative estimate of drug-likeness (QED) is 0.475. The van der Waals surface area contributed by atoms with E-state index in [4.69, 9.17) is 10.5 Å². The van der Waals surface area contributed by atoms with Gasteiger partial charge in [0.25, 0.3) is 5.69 Å². The van der Waals surface area contributed by atoms with E-state index in [2.05, 4.69) is 5.32 Å². The molecule has 1 N–H and O–H groups in total. The number of anilines is 2. The first-order valence-corrected chi connectivity index (χ1v) is 5.64. The molecule has 7 heteroatoms. The molecule has 1 rings (SSSR count). The number of nitrogens with one attached hydrogen (secondary N) is 1. The lowest BCUT2D eigenvalue weighted by Crippen LogP contribution is -2.24. The van der Waals surface area contributed by atoms with Crippen LogP contribution in [0.3, 0.4) is 0 Å². The van der Waals surface area contributed by atoms with Gasteiger partial charge in [0, 0.05) is 30.1 Å². The van der Waals surface area contributed by atoms with E-state index >= 15 is 0 Å². The number of nitriles is 2.